The Kier molecular flexibility index (Phi) is 6.75. The molecular formula is C15H23BrN2OS2. The van der Waals surface area contributed by atoms with Gasteiger partial charge in [-0.15, -0.1) is 0 Å². The van der Waals surface area contributed by atoms with E-state index >= 15 is 0 Å². The molecular weight excluding hydrogens is 368 g/mol. The first-order valence-corrected chi connectivity index (χ1v) is 9.89. The summed E-state index contributed by atoms with van der Waals surface area (Å²) in [5, 5.41) is 1.90. The van der Waals surface area contributed by atoms with Gasteiger partial charge in [-0.1, -0.05) is 29.8 Å². The average molecular weight is 391 g/mol. The Bertz CT molecular complexity index is 475. The minimum absolute atomic E-state index is 0.251. The molecule has 6 heteroatoms. The molecule has 3 nitrogen and oxygen atoms in total. The largest absolute Gasteiger partial charge is 0.496 e. The summed E-state index contributed by atoms with van der Waals surface area (Å²) in [5.74, 6) is 7.90. The van der Waals surface area contributed by atoms with Crippen molar-refractivity contribution < 1.29 is 4.74 Å². The number of nitrogens with one attached hydrogen (secondary N) is 1. The van der Waals surface area contributed by atoms with Crippen molar-refractivity contribution in [2.24, 2.45) is 5.84 Å². The summed E-state index contributed by atoms with van der Waals surface area (Å²) in [4.78, 5) is 0. The normalized spacial score (nSPS) is 27.4. The van der Waals surface area contributed by atoms with E-state index in [0.717, 1.165) is 22.4 Å². The molecule has 4 unspecified atom stereocenters. The molecule has 1 aromatic rings. The molecule has 1 aliphatic rings. The molecule has 0 amide bonds. The average Bonchev–Trinajstić information content (AvgIpc) is 2.48. The van der Waals surface area contributed by atoms with Crippen molar-refractivity contribution in [3.05, 3.63) is 28.2 Å². The van der Waals surface area contributed by atoms with Crippen LogP contribution in [0.5, 0.6) is 5.75 Å². The minimum atomic E-state index is 0.251. The second-order valence-corrected chi connectivity index (χ2v) is 9.30. The van der Waals surface area contributed by atoms with Crippen LogP contribution in [-0.4, -0.2) is 34.7 Å². The van der Waals surface area contributed by atoms with Crippen LogP contribution in [0.1, 0.15) is 19.4 Å². The topological polar surface area (TPSA) is 47.3 Å². The lowest BCUT2D eigenvalue weighted by molar-refractivity contribution is 0.404. The molecule has 118 valence electrons. The van der Waals surface area contributed by atoms with Crippen molar-refractivity contribution in [1.29, 1.82) is 0 Å². The molecule has 0 bridgehead atoms. The van der Waals surface area contributed by atoms with Crippen LogP contribution in [0.3, 0.4) is 0 Å². The zero-order valence-corrected chi connectivity index (χ0v) is 15.9. The fourth-order valence-corrected chi connectivity index (χ4v) is 5.98. The molecule has 0 aliphatic carbocycles. The number of ether oxygens (including phenoxy) is 1. The number of hydrogen-bond acceptors (Lipinski definition) is 5. The van der Waals surface area contributed by atoms with Gasteiger partial charge in [-0.3, -0.25) is 11.3 Å². The van der Waals surface area contributed by atoms with Crippen molar-refractivity contribution in [1.82, 2.24) is 5.43 Å². The van der Waals surface area contributed by atoms with Crippen LogP contribution < -0.4 is 16.0 Å². The molecule has 3 N–H and O–H groups in total. The standard InChI is InChI=1S/C15H23BrN2OS2/c1-9-10(2)21-15(8-20-9)13(18-17)7-11-6-12(16)4-5-14(11)19-3/h4-6,9-10,13,15,18H,7-8,17H2,1-3H3. The molecule has 1 aliphatic heterocycles. The number of hydrogen-bond donors (Lipinski definition) is 2. The summed E-state index contributed by atoms with van der Waals surface area (Å²) >= 11 is 7.63. The van der Waals surface area contributed by atoms with E-state index in [9.17, 15) is 0 Å². The van der Waals surface area contributed by atoms with Crippen LogP contribution in [0.25, 0.3) is 0 Å². The molecule has 1 saturated heterocycles. The zero-order chi connectivity index (χ0) is 15.4. The zero-order valence-electron chi connectivity index (χ0n) is 12.6. The number of methoxy groups -OCH3 is 1. The van der Waals surface area contributed by atoms with Crippen LogP contribution in [0.15, 0.2) is 22.7 Å². The Hall–Kier alpha value is 0.120. The van der Waals surface area contributed by atoms with Gasteiger partial charge in [-0.2, -0.15) is 23.5 Å². The fraction of sp³-hybridized carbons (Fsp3) is 0.600. The summed E-state index contributed by atoms with van der Waals surface area (Å²) < 4.78 is 6.54. The highest BCUT2D eigenvalue weighted by Gasteiger charge is 2.31. The molecule has 4 atom stereocenters. The maximum atomic E-state index is 5.84. The Balaban J connectivity index is 2.10. The lowest BCUT2D eigenvalue weighted by Crippen LogP contribution is -2.47. The van der Waals surface area contributed by atoms with E-state index in [1.54, 1.807) is 7.11 Å². The number of benzene rings is 1. The molecule has 2 rings (SSSR count). The van der Waals surface area contributed by atoms with Gasteiger partial charge in [0, 0.05) is 32.0 Å². The summed E-state index contributed by atoms with van der Waals surface area (Å²) in [6.45, 7) is 4.61. The first-order chi connectivity index (χ1) is 10.0. The van der Waals surface area contributed by atoms with Crippen LogP contribution in [0.2, 0.25) is 0 Å². The van der Waals surface area contributed by atoms with Crippen molar-refractivity contribution in [3.63, 3.8) is 0 Å². The Morgan fingerprint density at radius 3 is 2.81 bits per heavy atom. The molecule has 1 aromatic carbocycles. The van der Waals surface area contributed by atoms with Gasteiger partial charge in [0.25, 0.3) is 0 Å². The molecule has 21 heavy (non-hydrogen) atoms. The van der Waals surface area contributed by atoms with Gasteiger partial charge >= 0.3 is 0 Å². The van der Waals surface area contributed by atoms with Gasteiger partial charge in [0.2, 0.25) is 0 Å². The van der Waals surface area contributed by atoms with Crippen LogP contribution >= 0.6 is 39.5 Å². The highest BCUT2D eigenvalue weighted by molar-refractivity contribution is 9.10. The van der Waals surface area contributed by atoms with Gasteiger partial charge in [-0.05, 0) is 30.2 Å². The molecule has 1 heterocycles. The SMILES string of the molecule is COc1ccc(Br)cc1CC(NN)C1CSC(C)C(C)S1. The Morgan fingerprint density at radius 2 is 2.19 bits per heavy atom. The number of thioether (sulfide) groups is 2. The number of nitrogens with two attached hydrogens (primary N) is 1. The Labute approximate surface area is 144 Å². The maximum Gasteiger partial charge on any atom is 0.122 e. The number of hydrazine groups is 1. The van der Waals surface area contributed by atoms with E-state index < -0.39 is 0 Å². The summed E-state index contributed by atoms with van der Waals surface area (Å²) in [6, 6.07) is 6.37. The first kappa shape index (κ1) is 17.5. The van der Waals surface area contributed by atoms with Crippen LogP contribution in [0.4, 0.5) is 0 Å². The van der Waals surface area contributed by atoms with Gasteiger partial charge in [0.05, 0.1) is 7.11 Å². The molecule has 1 fully saturated rings. The highest BCUT2D eigenvalue weighted by atomic mass is 79.9. The second kappa shape index (κ2) is 8.11. The first-order valence-electron chi connectivity index (χ1n) is 7.10. The Morgan fingerprint density at radius 1 is 1.43 bits per heavy atom. The second-order valence-electron chi connectivity index (χ2n) is 5.35. The molecule has 0 saturated carbocycles. The van der Waals surface area contributed by atoms with E-state index in [1.165, 1.54) is 5.56 Å². The third kappa shape index (κ3) is 4.55. The molecule has 0 radical (unpaired) electrons. The van der Waals surface area contributed by atoms with Crippen molar-refractivity contribution in [3.8, 4) is 5.75 Å². The van der Waals surface area contributed by atoms with Crippen LogP contribution in [-0.2, 0) is 6.42 Å². The predicted octanol–water partition coefficient (Wildman–Crippen LogP) is 3.46. The quantitative estimate of drug-likeness (QED) is 0.595. The lowest BCUT2D eigenvalue weighted by Gasteiger charge is -2.35. The maximum absolute atomic E-state index is 5.84. The number of rotatable bonds is 5. The van der Waals surface area contributed by atoms with Gasteiger partial charge in [0.1, 0.15) is 5.75 Å². The third-order valence-corrected chi connectivity index (χ3v) is 7.96. The number of halogens is 1. The van der Waals surface area contributed by atoms with Gasteiger partial charge in [0.15, 0.2) is 0 Å². The minimum Gasteiger partial charge on any atom is -0.496 e. The fourth-order valence-electron chi connectivity index (χ4n) is 2.46. The van der Waals surface area contributed by atoms with E-state index in [4.69, 9.17) is 10.6 Å². The van der Waals surface area contributed by atoms with E-state index in [0.29, 0.717) is 15.7 Å². The molecule has 0 aromatic heterocycles. The van der Waals surface area contributed by atoms with E-state index in [2.05, 4.69) is 41.3 Å². The van der Waals surface area contributed by atoms with Crippen LogP contribution in [0, 0.1) is 0 Å². The van der Waals surface area contributed by atoms with Gasteiger partial charge < -0.3 is 4.74 Å². The summed E-state index contributed by atoms with van der Waals surface area (Å²) in [6.07, 6.45) is 0.873. The third-order valence-electron chi connectivity index (χ3n) is 3.92. The summed E-state index contributed by atoms with van der Waals surface area (Å²) in [7, 11) is 1.71. The predicted molar refractivity (Wildman–Crippen MR) is 98.3 cm³/mol. The summed E-state index contributed by atoms with van der Waals surface area (Å²) in [5.41, 5.74) is 4.21. The van der Waals surface area contributed by atoms with E-state index in [-0.39, 0.29) is 6.04 Å². The molecule has 0 spiro atoms. The van der Waals surface area contributed by atoms with E-state index in [1.807, 2.05) is 35.7 Å². The smallest absolute Gasteiger partial charge is 0.122 e. The van der Waals surface area contributed by atoms with Crippen molar-refractivity contribution in [2.75, 3.05) is 12.9 Å². The monoisotopic (exact) mass is 390 g/mol. The lowest BCUT2D eigenvalue weighted by atomic mass is 10.0. The van der Waals surface area contributed by atoms with Crippen molar-refractivity contribution >= 4 is 39.5 Å². The van der Waals surface area contributed by atoms with Crippen molar-refractivity contribution in [2.45, 2.75) is 42.1 Å². The van der Waals surface area contributed by atoms with Gasteiger partial charge in [-0.25, -0.2) is 0 Å². The highest BCUT2D eigenvalue weighted by Crippen LogP contribution is 2.38.